The zero-order chi connectivity index (χ0) is 13.5. The Morgan fingerprint density at radius 1 is 1.29 bits per heavy atom. The Morgan fingerprint density at radius 3 is 2.24 bits per heavy atom. The van der Waals surface area contributed by atoms with Gasteiger partial charge in [-0.15, -0.1) is 0 Å². The molecular weight excluding hydrogens is 291 g/mol. The van der Waals surface area contributed by atoms with Crippen LogP contribution < -0.4 is 11.3 Å². The number of nitrogens with one attached hydrogen (secondary N) is 1. The van der Waals surface area contributed by atoms with Crippen LogP contribution in [0.3, 0.4) is 0 Å². The first kappa shape index (κ1) is 16.6. The van der Waals surface area contributed by atoms with E-state index in [0.717, 1.165) is 12.0 Å². The smallest absolute Gasteiger partial charge is 0.271 e. The zero-order valence-corrected chi connectivity index (χ0v) is 10.9. The van der Waals surface area contributed by atoms with Crippen molar-refractivity contribution in [1.82, 2.24) is 5.43 Å². The average Bonchev–Trinajstić information content (AvgIpc) is 2.14. The highest BCUT2D eigenvalue weighted by Gasteiger charge is 1.99. The van der Waals surface area contributed by atoms with Crippen LogP contribution in [0.1, 0.15) is 5.56 Å². The molecule has 17 heavy (non-hydrogen) atoms. The summed E-state index contributed by atoms with van der Waals surface area (Å²) in [5.74, 6) is 5.14. The Balaban J connectivity index is 0.000000437. The van der Waals surface area contributed by atoms with E-state index in [1.807, 2.05) is 12.1 Å². The van der Waals surface area contributed by atoms with Crippen molar-refractivity contribution in [3.8, 4) is 0 Å². The molecule has 9 heteroatoms. The van der Waals surface area contributed by atoms with Gasteiger partial charge < -0.3 is 0 Å². The molecule has 0 heterocycles. The minimum absolute atomic E-state index is 0.657. The molecule has 0 bridgehead atoms. The maximum atomic E-state index is 8.74. The van der Waals surface area contributed by atoms with Crippen molar-refractivity contribution in [3.63, 3.8) is 0 Å². The second kappa shape index (κ2) is 7.83. The molecule has 0 radical (unpaired) electrons. The highest BCUT2D eigenvalue weighted by atomic mass is 35.5. The summed E-state index contributed by atoms with van der Waals surface area (Å²) in [5, 5.41) is 1.35. The lowest BCUT2D eigenvalue weighted by Gasteiger charge is -2.03. The van der Waals surface area contributed by atoms with Gasteiger partial charge in [0.15, 0.2) is 0 Å². The zero-order valence-electron chi connectivity index (χ0n) is 8.60. The normalized spacial score (nSPS) is 10.6. The van der Waals surface area contributed by atoms with E-state index in [0.29, 0.717) is 16.6 Å². The first-order chi connectivity index (χ1) is 7.74. The predicted octanol–water partition coefficient (Wildman–Crippen LogP) is 1.35. The topological polar surface area (TPSA) is 113 Å². The SMILES string of the molecule is NNCCc1ccc(Cl)cc1Cl.O=S(=O)(O)O. The molecule has 0 aliphatic heterocycles. The van der Waals surface area contributed by atoms with Crippen LogP contribution in [0, 0.1) is 0 Å². The number of rotatable bonds is 3. The van der Waals surface area contributed by atoms with Crippen LogP contribution in [0.25, 0.3) is 0 Å². The number of benzene rings is 1. The molecule has 0 unspecified atom stereocenters. The minimum atomic E-state index is -4.67. The van der Waals surface area contributed by atoms with E-state index in [-0.39, 0.29) is 0 Å². The molecule has 5 N–H and O–H groups in total. The van der Waals surface area contributed by atoms with Crippen LogP contribution >= 0.6 is 23.2 Å². The summed E-state index contributed by atoms with van der Waals surface area (Å²) >= 11 is 11.6. The number of halogens is 2. The maximum absolute atomic E-state index is 8.74. The molecule has 0 aromatic heterocycles. The fourth-order valence-corrected chi connectivity index (χ4v) is 1.43. The van der Waals surface area contributed by atoms with E-state index in [4.69, 9.17) is 46.6 Å². The number of nitrogens with two attached hydrogens (primary N) is 1. The van der Waals surface area contributed by atoms with Gasteiger partial charge in [-0.05, 0) is 24.1 Å². The number of hydrazine groups is 1. The Morgan fingerprint density at radius 2 is 1.82 bits per heavy atom. The molecule has 6 nitrogen and oxygen atoms in total. The van der Waals surface area contributed by atoms with E-state index >= 15 is 0 Å². The lowest BCUT2D eigenvalue weighted by molar-refractivity contribution is 0.381. The van der Waals surface area contributed by atoms with Gasteiger partial charge in [0, 0.05) is 16.6 Å². The van der Waals surface area contributed by atoms with Crippen LogP contribution in [0.4, 0.5) is 0 Å². The predicted molar refractivity (Wildman–Crippen MR) is 66.5 cm³/mol. The van der Waals surface area contributed by atoms with Gasteiger partial charge in [0.1, 0.15) is 0 Å². The van der Waals surface area contributed by atoms with Crippen molar-refractivity contribution in [2.45, 2.75) is 6.42 Å². The summed E-state index contributed by atoms with van der Waals surface area (Å²) in [6.07, 6.45) is 0.812. The Hall–Kier alpha value is -0.410. The lowest BCUT2D eigenvalue weighted by atomic mass is 10.1. The molecular formula is C8H12Cl2N2O4S. The average molecular weight is 303 g/mol. The van der Waals surface area contributed by atoms with E-state index < -0.39 is 10.4 Å². The molecule has 98 valence electrons. The number of hydrogen-bond acceptors (Lipinski definition) is 4. The summed E-state index contributed by atoms with van der Waals surface area (Å²) in [5.41, 5.74) is 3.62. The maximum Gasteiger partial charge on any atom is 0.394 e. The highest BCUT2D eigenvalue weighted by molar-refractivity contribution is 7.79. The number of hydrogen-bond donors (Lipinski definition) is 4. The summed E-state index contributed by atoms with van der Waals surface area (Å²) in [4.78, 5) is 0. The third-order valence-corrected chi connectivity index (χ3v) is 2.14. The molecule has 0 fully saturated rings. The van der Waals surface area contributed by atoms with Crippen molar-refractivity contribution in [1.29, 1.82) is 0 Å². The van der Waals surface area contributed by atoms with Gasteiger partial charge in [0.2, 0.25) is 0 Å². The third kappa shape index (κ3) is 10.5. The summed E-state index contributed by atoms with van der Waals surface area (Å²) < 4.78 is 31.6. The molecule has 1 aromatic rings. The van der Waals surface area contributed by atoms with Crippen LogP contribution in [-0.2, 0) is 16.8 Å². The van der Waals surface area contributed by atoms with Gasteiger partial charge in [0.25, 0.3) is 0 Å². The molecule has 0 spiro atoms. The fraction of sp³-hybridized carbons (Fsp3) is 0.250. The standard InChI is InChI=1S/C8H10Cl2N2.H2O4S/c9-7-2-1-6(3-4-12-11)8(10)5-7;1-5(2,3)4/h1-2,5,12H,3-4,11H2;(H2,1,2,3,4). The van der Waals surface area contributed by atoms with Crippen molar-refractivity contribution >= 4 is 33.6 Å². The van der Waals surface area contributed by atoms with Crippen molar-refractivity contribution in [2.24, 2.45) is 5.84 Å². The van der Waals surface area contributed by atoms with Crippen molar-refractivity contribution < 1.29 is 17.5 Å². The molecule has 0 atom stereocenters. The minimum Gasteiger partial charge on any atom is -0.271 e. The van der Waals surface area contributed by atoms with Gasteiger partial charge in [-0.25, -0.2) is 0 Å². The van der Waals surface area contributed by atoms with Crippen LogP contribution in [0.5, 0.6) is 0 Å². The first-order valence-corrected chi connectivity index (χ1v) is 6.46. The van der Waals surface area contributed by atoms with Gasteiger partial charge in [-0.1, -0.05) is 29.3 Å². The van der Waals surface area contributed by atoms with Crippen molar-refractivity contribution in [2.75, 3.05) is 6.54 Å². The summed E-state index contributed by atoms with van der Waals surface area (Å²) in [6.45, 7) is 0.710. The van der Waals surface area contributed by atoms with Crippen LogP contribution in [0.2, 0.25) is 10.0 Å². The fourth-order valence-electron chi connectivity index (χ4n) is 0.931. The first-order valence-electron chi connectivity index (χ1n) is 4.31. The molecule has 0 amide bonds. The lowest BCUT2D eigenvalue weighted by Crippen LogP contribution is -2.24. The Labute approximate surface area is 109 Å². The van der Waals surface area contributed by atoms with E-state index in [1.165, 1.54) is 0 Å². The molecule has 0 saturated heterocycles. The molecule has 0 saturated carbocycles. The molecule has 0 aliphatic rings. The van der Waals surface area contributed by atoms with E-state index in [9.17, 15) is 0 Å². The van der Waals surface area contributed by atoms with E-state index in [2.05, 4.69) is 5.43 Å². The molecule has 1 aromatic carbocycles. The van der Waals surface area contributed by atoms with Gasteiger partial charge in [-0.2, -0.15) is 8.42 Å². The van der Waals surface area contributed by atoms with Crippen LogP contribution in [0.15, 0.2) is 18.2 Å². The van der Waals surface area contributed by atoms with E-state index in [1.54, 1.807) is 6.07 Å². The van der Waals surface area contributed by atoms with Gasteiger partial charge in [0.05, 0.1) is 0 Å². The quantitative estimate of drug-likeness (QED) is 0.381. The largest absolute Gasteiger partial charge is 0.394 e. The highest BCUT2D eigenvalue weighted by Crippen LogP contribution is 2.20. The molecule has 0 aliphatic carbocycles. The Kier molecular flexibility index (Phi) is 7.64. The molecule has 1 rings (SSSR count). The summed E-state index contributed by atoms with van der Waals surface area (Å²) in [6, 6.07) is 5.45. The Bertz CT molecular complexity index is 445. The van der Waals surface area contributed by atoms with Gasteiger partial charge >= 0.3 is 10.4 Å². The summed E-state index contributed by atoms with van der Waals surface area (Å²) in [7, 11) is -4.67. The third-order valence-electron chi connectivity index (χ3n) is 1.55. The van der Waals surface area contributed by atoms with Crippen molar-refractivity contribution in [3.05, 3.63) is 33.8 Å². The monoisotopic (exact) mass is 302 g/mol. The second-order valence-electron chi connectivity index (χ2n) is 2.89. The van der Waals surface area contributed by atoms with Gasteiger partial charge in [-0.3, -0.25) is 20.4 Å². The van der Waals surface area contributed by atoms with Crippen LogP contribution in [-0.4, -0.2) is 24.1 Å². The second-order valence-corrected chi connectivity index (χ2v) is 4.63.